The van der Waals surface area contributed by atoms with Crippen LogP contribution in [0.5, 0.6) is 17.2 Å². The van der Waals surface area contributed by atoms with Crippen molar-refractivity contribution in [1.82, 2.24) is 4.90 Å². The van der Waals surface area contributed by atoms with Gasteiger partial charge >= 0.3 is 0 Å². The Bertz CT molecular complexity index is 591. The predicted molar refractivity (Wildman–Crippen MR) is 92.8 cm³/mol. The van der Waals surface area contributed by atoms with Crippen LogP contribution in [0.4, 0.5) is 0 Å². The molecule has 1 aromatic carbocycles. The number of carbonyl (C=O) groups is 1. The summed E-state index contributed by atoms with van der Waals surface area (Å²) in [7, 11) is 4.76. The first-order valence-corrected chi connectivity index (χ1v) is 8.23. The van der Waals surface area contributed by atoms with Crippen LogP contribution in [0, 0.1) is 5.41 Å². The monoisotopic (exact) mass is 336 g/mol. The van der Waals surface area contributed by atoms with E-state index in [1.807, 2.05) is 17.0 Å². The average Bonchev–Trinajstić information content (AvgIpc) is 3.01. The number of likely N-dealkylation sites (tertiary alicyclic amines) is 1. The summed E-state index contributed by atoms with van der Waals surface area (Å²) in [6.45, 7) is 4.28. The molecule has 2 rings (SSSR count). The summed E-state index contributed by atoms with van der Waals surface area (Å²) in [5, 5.41) is 0. The molecular weight excluding hydrogens is 308 g/mol. The van der Waals surface area contributed by atoms with Crippen LogP contribution in [-0.4, -0.2) is 51.8 Å². The van der Waals surface area contributed by atoms with Crippen LogP contribution >= 0.6 is 0 Å². The van der Waals surface area contributed by atoms with Gasteiger partial charge in [0.2, 0.25) is 11.7 Å². The van der Waals surface area contributed by atoms with E-state index < -0.39 is 0 Å². The van der Waals surface area contributed by atoms with Crippen LogP contribution in [-0.2, 0) is 11.2 Å². The molecule has 1 aliphatic heterocycles. The molecule has 24 heavy (non-hydrogen) atoms. The molecule has 2 N–H and O–H groups in total. The lowest BCUT2D eigenvalue weighted by atomic mass is 9.90. The van der Waals surface area contributed by atoms with E-state index in [1.54, 1.807) is 21.3 Å². The van der Waals surface area contributed by atoms with Crippen LogP contribution < -0.4 is 19.9 Å². The number of aryl methyl sites for hydroxylation is 1. The van der Waals surface area contributed by atoms with Crippen molar-refractivity contribution in [3.05, 3.63) is 17.7 Å². The van der Waals surface area contributed by atoms with E-state index in [-0.39, 0.29) is 11.3 Å². The normalized spacial score (nSPS) is 20.1. The summed E-state index contributed by atoms with van der Waals surface area (Å²) in [5.74, 6) is 1.95. The smallest absolute Gasteiger partial charge is 0.222 e. The molecule has 6 nitrogen and oxygen atoms in total. The van der Waals surface area contributed by atoms with E-state index in [1.165, 1.54) is 0 Å². The van der Waals surface area contributed by atoms with E-state index in [2.05, 4.69) is 6.92 Å². The van der Waals surface area contributed by atoms with E-state index >= 15 is 0 Å². The van der Waals surface area contributed by atoms with Gasteiger partial charge in [0.1, 0.15) is 0 Å². The van der Waals surface area contributed by atoms with Crippen molar-refractivity contribution in [3.63, 3.8) is 0 Å². The maximum absolute atomic E-state index is 12.5. The van der Waals surface area contributed by atoms with Crippen LogP contribution in [0.15, 0.2) is 12.1 Å². The Kier molecular flexibility index (Phi) is 5.94. The zero-order valence-electron chi connectivity index (χ0n) is 15.1. The maximum Gasteiger partial charge on any atom is 0.222 e. The molecule has 1 aliphatic rings. The minimum absolute atomic E-state index is 0.0523. The maximum atomic E-state index is 12.5. The summed E-state index contributed by atoms with van der Waals surface area (Å²) in [4.78, 5) is 14.4. The van der Waals surface area contributed by atoms with Crippen molar-refractivity contribution in [1.29, 1.82) is 0 Å². The van der Waals surface area contributed by atoms with E-state index in [0.29, 0.717) is 36.6 Å². The number of carbonyl (C=O) groups excluding carboxylic acids is 1. The third-order valence-electron chi connectivity index (χ3n) is 4.80. The van der Waals surface area contributed by atoms with Crippen LogP contribution in [0.1, 0.15) is 25.3 Å². The van der Waals surface area contributed by atoms with Gasteiger partial charge in [-0.3, -0.25) is 4.79 Å². The lowest BCUT2D eigenvalue weighted by molar-refractivity contribution is -0.130. The average molecular weight is 336 g/mol. The van der Waals surface area contributed by atoms with Crippen molar-refractivity contribution in [2.45, 2.75) is 26.2 Å². The fourth-order valence-electron chi connectivity index (χ4n) is 3.16. The molecule has 1 fully saturated rings. The highest BCUT2D eigenvalue weighted by molar-refractivity contribution is 5.77. The number of benzene rings is 1. The first-order chi connectivity index (χ1) is 11.5. The van der Waals surface area contributed by atoms with Gasteiger partial charge in [0.25, 0.3) is 0 Å². The molecule has 1 saturated heterocycles. The number of methoxy groups -OCH3 is 3. The van der Waals surface area contributed by atoms with Gasteiger partial charge in [-0.15, -0.1) is 0 Å². The second-order valence-electron chi connectivity index (χ2n) is 6.57. The molecule has 1 amide bonds. The second kappa shape index (κ2) is 7.75. The number of hydrogen-bond donors (Lipinski definition) is 1. The zero-order valence-corrected chi connectivity index (χ0v) is 15.1. The lowest BCUT2D eigenvalue weighted by Gasteiger charge is -2.22. The Balaban J connectivity index is 2.05. The second-order valence-corrected chi connectivity index (χ2v) is 6.57. The summed E-state index contributed by atoms with van der Waals surface area (Å²) in [6.07, 6.45) is 2.00. The molecular formula is C18H28N2O4. The van der Waals surface area contributed by atoms with E-state index in [9.17, 15) is 4.79 Å². The van der Waals surface area contributed by atoms with Crippen molar-refractivity contribution >= 4 is 5.91 Å². The SMILES string of the molecule is COc1ccc(CCC(=O)N2CCC(C)(CN)C2)c(OC)c1OC. The Hall–Kier alpha value is -1.95. The molecule has 0 radical (unpaired) electrons. The van der Waals surface area contributed by atoms with Crippen molar-refractivity contribution in [2.75, 3.05) is 41.0 Å². The summed E-state index contributed by atoms with van der Waals surface area (Å²) < 4.78 is 16.1. The largest absolute Gasteiger partial charge is 0.493 e. The molecule has 1 heterocycles. The molecule has 1 unspecified atom stereocenters. The highest BCUT2D eigenvalue weighted by Crippen LogP contribution is 2.40. The minimum atomic E-state index is 0.0523. The third kappa shape index (κ3) is 3.75. The van der Waals surface area contributed by atoms with Gasteiger partial charge < -0.3 is 24.8 Å². The number of rotatable bonds is 7. The van der Waals surface area contributed by atoms with Gasteiger partial charge in [-0.05, 0) is 36.4 Å². The zero-order chi connectivity index (χ0) is 17.7. The molecule has 0 spiro atoms. The molecule has 134 valence electrons. The first-order valence-electron chi connectivity index (χ1n) is 8.23. The topological polar surface area (TPSA) is 74.0 Å². The number of nitrogens with zero attached hydrogens (tertiary/aromatic N) is 1. The van der Waals surface area contributed by atoms with E-state index in [0.717, 1.165) is 25.1 Å². The summed E-state index contributed by atoms with van der Waals surface area (Å²) in [5.41, 5.74) is 6.80. The van der Waals surface area contributed by atoms with Gasteiger partial charge in [-0.1, -0.05) is 13.0 Å². The number of ether oxygens (including phenoxy) is 3. The van der Waals surface area contributed by atoms with Crippen LogP contribution in [0.2, 0.25) is 0 Å². The number of hydrogen-bond acceptors (Lipinski definition) is 5. The fraction of sp³-hybridized carbons (Fsp3) is 0.611. The minimum Gasteiger partial charge on any atom is -0.493 e. The standard InChI is InChI=1S/C18H28N2O4/c1-18(11-19)9-10-20(12-18)15(21)8-6-13-5-7-14(22-2)17(24-4)16(13)23-3/h5,7H,6,8-12,19H2,1-4H3. The van der Waals surface area contributed by atoms with Crippen LogP contribution in [0.25, 0.3) is 0 Å². The first kappa shape index (κ1) is 18.4. The predicted octanol–water partition coefficient (Wildman–Crippen LogP) is 1.84. The molecule has 0 bridgehead atoms. The summed E-state index contributed by atoms with van der Waals surface area (Å²) in [6, 6.07) is 3.75. The van der Waals surface area contributed by atoms with Crippen molar-refractivity contribution in [2.24, 2.45) is 11.1 Å². The van der Waals surface area contributed by atoms with Gasteiger partial charge in [0.05, 0.1) is 21.3 Å². The molecule has 0 aromatic heterocycles. The highest BCUT2D eigenvalue weighted by Gasteiger charge is 2.34. The Morgan fingerprint density at radius 3 is 2.46 bits per heavy atom. The Morgan fingerprint density at radius 1 is 1.21 bits per heavy atom. The quantitative estimate of drug-likeness (QED) is 0.822. The third-order valence-corrected chi connectivity index (χ3v) is 4.80. The van der Waals surface area contributed by atoms with Crippen molar-refractivity contribution < 1.29 is 19.0 Å². The Morgan fingerprint density at radius 2 is 1.92 bits per heavy atom. The van der Waals surface area contributed by atoms with Gasteiger partial charge in [-0.25, -0.2) is 0 Å². The molecule has 0 aliphatic carbocycles. The highest BCUT2D eigenvalue weighted by atomic mass is 16.5. The molecule has 0 saturated carbocycles. The fourth-order valence-corrected chi connectivity index (χ4v) is 3.16. The van der Waals surface area contributed by atoms with Gasteiger partial charge in [0.15, 0.2) is 11.5 Å². The number of amides is 1. The van der Waals surface area contributed by atoms with Gasteiger partial charge in [-0.2, -0.15) is 0 Å². The molecule has 1 aromatic rings. The van der Waals surface area contributed by atoms with Gasteiger partial charge in [0, 0.05) is 19.5 Å². The van der Waals surface area contributed by atoms with Crippen molar-refractivity contribution in [3.8, 4) is 17.2 Å². The van der Waals surface area contributed by atoms with Crippen LogP contribution in [0.3, 0.4) is 0 Å². The molecule has 6 heteroatoms. The molecule has 1 atom stereocenters. The summed E-state index contributed by atoms with van der Waals surface area (Å²) >= 11 is 0. The number of nitrogens with two attached hydrogens (primary N) is 1. The lowest BCUT2D eigenvalue weighted by Crippen LogP contribution is -2.34. The Labute approximate surface area is 143 Å². The van der Waals surface area contributed by atoms with E-state index in [4.69, 9.17) is 19.9 Å².